The van der Waals surface area contributed by atoms with Crippen LogP contribution in [0, 0.1) is 0 Å². The highest BCUT2D eigenvalue weighted by Crippen LogP contribution is 2.31. The van der Waals surface area contributed by atoms with E-state index in [2.05, 4.69) is 10.5 Å². The topological polar surface area (TPSA) is 93.8 Å². The van der Waals surface area contributed by atoms with Crippen LogP contribution in [0.15, 0.2) is 29.4 Å². The molecule has 3 N–H and O–H groups in total. The average molecular weight is 315 g/mol. The summed E-state index contributed by atoms with van der Waals surface area (Å²) in [6.07, 6.45) is -5.17. The fourth-order valence-electron chi connectivity index (χ4n) is 1.91. The van der Waals surface area contributed by atoms with Gasteiger partial charge in [0, 0.05) is 6.42 Å². The summed E-state index contributed by atoms with van der Waals surface area (Å²) >= 11 is 0. The Labute approximate surface area is 123 Å². The molecule has 1 aromatic carbocycles. The van der Waals surface area contributed by atoms with Gasteiger partial charge in [0.05, 0.1) is 17.7 Å². The molecule has 118 valence electrons. The predicted molar refractivity (Wildman–Crippen MR) is 69.9 cm³/mol. The van der Waals surface area contributed by atoms with E-state index in [9.17, 15) is 22.8 Å². The van der Waals surface area contributed by atoms with Crippen molar-refractivity contribution in [2.45, 2.75) is 18.7 Å². The van der Waals surface area contributed by atoms with Gasteiger partial charge < -0.3 is 15.9 Å². The Morgan fingerprint density at radius 1 is 1.36 bits per heavy atom. The molecule has 1 atom stereocenters. The number of hydrogen-bond acceptors (Lipinski definition) is 4. The molecule has 0 saturated heterocycles. The molecule has 22 heavy (non-hydrogen) atoms. The van der Waals surface area contributed by atoms with Crippen molar-refractivity contribution in [1.29, 1.82) is 0 Å². The number of alkyl halides is 3. The molecule has 0 aromatic heterocycles. The Bertz CT molecular complexity index is 628. The van der Waals surface area contributed by atoms with Crippen LogP contribution in [0.4, 0.5) is 13.2 Å². The average Bonchev–Trinajstić information content (AvgIpc) is 2.93. The second kappa shape index (κ2) is 6.04. The summed E-state index contributed by atoms with van der Waals surface area (Å²) in [5.74, 6) is -1.62. The van der Waals surface area contributed by atoms with E-state index in [4.69, 9.17) is 10.6 Å². The monoisotopic (exact) mass is 315 g/mol. The first kappa shape index (κ1) is 15.8. The minimum Gasteiger partial charge on any atom is -0.390 e. The van der Waals surface area contributed by atoms with Crippen LogP contribution in [0.1, 0.15) is 22.3 Å². The highest BCUT2D eigenvalue weighted by atomic mass is 19.4. The van der Waals surface area contributed by atoms with E-state index in [1.165, 1.54) is 12.1 Å². The number of benzene rings is 1. The molecule has 1 heterocycles. The lowest BCUT2D eigenvalue weighted by atomic mass is 10.1. The van der Waals surface area contributed by atoms with Gasteiger partial charge in [-0.05, 0) is 12.1 Å². The number of halogens is 3. The Balaban J connectivity index is 1.99. The first-order valence-corrected chi connectivity index (χ1v) is 6.26. The second-order valence-electron chi connectivity index (χ2n) is 4.59. The number of rotatable bonds is 4. The maximum absolute atomic E-state index is 12.8. The Kier molecular flexibility index (Phi) is 4.34. The molecule has 1 aliphatic heterocycles. The maximum Gasteiger partial charge on any atom is 0.417 e. The van der Waals surface area contributed by atoms with E-state index in [0.717, 1.165) is 12.1 Å². The summed E-state index contributed by atoms with van der Waals surface area (Å²) in [5.41, 5.74) is 3.53. The quantitative estimate of drug-likeness (QED) is 0.870. The number of nitrogens with two attached hydrogens (primary N) is 1. The van der Waals surface area contributed by atoms with Crippen LogP contribution in [0.5, 0.6) is 0 Å². The van der Waals surface area contributed by atoms with Crippen molar-refractivity contribution in [2.75, 3.05) is 6.54 Å². The smallest absolute Gasteiger partial charge is 0.390 e. The van der Waals surface area contributed by atoms with Gasteiger partial charge in [-0.15, -0.1) is 0 Å². The molecule has 0 radical (unpaired) electrons. The van der Waals surface area contributed by atoms with Crippen LogP contribution in [-0.4, -0.2) is 30.2 Å². The normalized spacial score (nSPS) is 17.6. The van der Waals surface area contributed by atoms with Crippen LogP contribution in [0.3, 0.4) is 0 Å². The third-order valence-corrected chi connectivity index (χ3v) is 2.98. The van der Waals surface area contributed by atoms with Gasteiger partial charge in [-0.3, -0.25) is 9.59 Å². The molecule has 0 aliphatic carbocycles. The van der Waals surface area contributed by atoms with Crippen molar-refractivity contribution < 1.29 is 27.6 Å². The first-order chi connectivity index (χ1) is 10.3. The van der Waals surface area contributed by atoms with E-state index in [1.54, 1.807) is 0 Å². The van der Waals surface area contributed by atoms with Crippen molar-refractivity contribution in [3.05, 3.63) is 35.4 Å². The zero-order valence-electron chi connectivity index (χ0n) is 11.2. The molecule has 6 nitrogen and oxygen atoms in total. The number of nitrogens with zero attached hydrogens (tertiary/aromatic N) is 1. The van der Waals surface area contributed by atoms with Crippen molar-refractivity contribution in [2.24, 2.45) is 10.9 Å². The van der Waals surface area contributed by atoms with Gasteiger partial charge in [-0.25, -0.2) is 0 Å². The highest BCUT2D eigenvalue weighted by molar-refractivity contribution is 6.38. The molecule has 1 aromatic rings. The van der Waals surface area contributed by atoms with Gasteiger partial charge in [0.15, 0.2) is 6.10 Å². The van der Waals surface area contributed by atoms with E-state index in [0.29, 0.717) is 0 Å². The Hall–Kier alpha value is -2.58. The number of primary amides is 1. The molecule has 0 saturated carbocycles. The molecule has 2 amide bonds. The summed E-state index contributed by atoms with van der Waals surface area (Å²) in [4.78, 5) is 27.6. The van der Waals surface area contributed by atoms with Crippen molar-refractivity contribution in [3.8, 4) is 0 Å². The van der Waals surface area contributed by atoms with Gasteiger partial charge >= 0.3 is 6.18 Å². The molecule has 0 spiro atoms. The van der Waals surface area contributed by atoms with Crippen LogP contribution in [0.25, 0.3) is 0 Å². The van der Waals surface area contributed by atoms with Gasteiger partial charge in [-0.1, -0.05) is 17.3 Å². The fourth-order valence-corrected chi connectivity index (χ4v) is 1.91. The lowest BCUT2D eigenvalue weighted by molar-refractivity contribution is -0.138. The minimum atomic E-state index is -4.62. The summed E-state index contributed by atoms with van der Waals surface area (Å²) in [6, 6.07) is 4.45. The SMILES string of the molecule is NC(=O)C1=NO[C@@H](CNC(=O)c2ccccc2C(F)(F)F)C1. The van der Waals surface area contributed by atoms with Crippen LogP contribution in [0.2, 0.25) is 0 Å². The number of oxime groups is 1. The van der Waals surface area contributed by atoms with Crippen molar-refractivity contribution >= 4 is 17.5 Å². The molecular weight excluding hydrogens is 303 g/mol. The van der Waals surface area contributed by atoms with Crippen LogP contribution >= 0.6 is 0 Å². The number of hydrogen-bond donors (Lipinski definition) is 2. The summed E-state index contributed by atoms with van der Waals surface area (Å²) in [7, 11) is 0. The van der Waals surface area contributed by atoms with E-state index < -0.39 is 35.2 Å². The molecule has 0 fully saturated rings. The van der Waals surface area contributed by atoms with Gasteiger partial charge in [-0.2, -0.15) is 13.2 Å². The molecular formula is C13H12F3N3O3. The summed E-state index contributed by atoms with van der Waals surface area (Å²) in [5, 5.41) is 5.76. The maximum atomic E-state index is 12.8. The third-order valence-electron chi connectivity index (χ3n) is 2.98. The lowest BCUT2D eigenvalue weighted by Gasteiger charge is -2.14. The molecule has 2 rings (SSSR count). The van der Waals surface area contributed by atoms with Crippen LogP contribution in [-0.2, 0) is 15.8 Å². The molecule has 0 bridgehead atoms. The van der Waals surface area contributed by atoms with Gasteiger partial charge in [0.2, 0.25) is 0 Å². The molecule has 1 aliphatic rings. The number of carbonyl (C=O) groups excluding carboxylic acids is 2. The van der Waals surface area contributed by atoms with Gasteiger partial charge in [0.1, 0.15) is 5.71 Å². The summed E-state index contributed by atoms with van der Waals surface area (Å²) in [6.45, 7) is -0.0920. The number of nitrogens with one attached hydrogen (secondary N) is 1. The van der Waals surface area contributed by atoms with E-state index in [1.807, 2.05) is 0 Å². The molecule has 0 unspecified atom stereocenters. The predicted octanol–water partition coefficient (Wildman–Crippen LogP) is 1.07. The van der Waals surface area contributed by atoms with Gasteiger partial charge in [0.25, 0.3) is 11.8 Å². The standard InChI is InChI=1S/C13H12F3N3O3/c14-13(15,16)9-4-2-1-3-8(9)12(21)18-6-7-5-10(11(17)20)19-22-7/h1-4,7H,5-6H2,(H2,17,20)(H,18,21)/t7-/m1/s1. The number of carbonyl (C=O) groups is 2. The lowest BCUT2D eigenvalue weighted by Crippen LogP contribution is -2.34. The second-order valence-corrected chi connectivity index (χ2v) is 4.59. The fraction of sp³-hybridized carbons (Fsp3) is 0.308. The Morgan fingerprint density at radius 3 is 2.64 bits per heavy atom. The van der Waals surface area contributed by atoms with E-state index in [-0.39, 0.29) is 18.7 Å². The summed E-state index contributed by atoms with van der Waals surface area (Å²) < 4.78 is 38.4. The van der Waals surface area contributed by atoms with E-state index >= 15 is 0 Å². The zero-order chi connectivity index (χ0) is 16.3. The number of amides is 2. The third kappa shape index (κ3) is 3.54. The zero-order valence-corrected chi connectivity index (χ0v) is 11.2. The Morgan fingerprint density at radius 2 is 2.05 bits per heavy atom. The highest BCUT2D eigenvalue weighted by Gasteiger charge is 2.35. The van der Waals surface area contributed by atoms with Crippen LogP contribution < -0.4 is 11.1 Å². The molecule has 9 heteroatoms. The van der Waals surface area contributed by atoms with Crippen molar-refractivity contribution in [1.82, 2.24) is 5.32 Å². The minimum absolute atomic E-state index is 0.0231. The largest absolute Gasteiger partial charge is 0.417 e. The van der Waals surface area contributed by atoms with Crippen molar-refractivity contribution in [3.63, 3.8) is 0 Å². The first-order valence-electron chi connectivity index (χ1n) is 6.26.